The molecule has 0 spiro atoms. The van der Waals surface area contributed by atoms with E-state index in [1.807, 2.05) is 18.2 Å². The molecular weight excluding hydrogens is 252 g/mol. The fraction of sp³-hybridized carbons (Fsp3) is 0.500. The van der Waals surface area contributed by atoms with Gasteiger partial charge in [0.05, 0.1) is 12.1 Å². The van der Waals surface area contributed by atoms with Crippen LogP contribution in [-0.2, 0) is 4.74 Å². The van der Waals surface area contributed by atoms with Crippen molar-refractivity contribution in [3.8, 4) is 0 Å². The number of rotatable bonds is 4. The monoisotopic (exact) mass is 274 g/mol. The van der Waals surface area contributed by atoms with Crippen molar-refractivity contribution in [2.24, 2.45) is 5.73 Å². The summed E-state index contributed by atoms with van der Waals surface area (Å²) in [6, 6.07) is 10.4. The Bertz CT molecular complexity index is 533. The highest BCUT2D eigenvalue weighted by Gasteiger charge is 2.28. The third kappa shape index (κ3) is 2.59. The zero-order valence-corrected chi connectivity index (χ0v) is 11.9. The van der Waals surface area contributed by atoms with E-state index in [1.54, 1.807) is 7.11 Å². The van der Waals surface area contributed by atoms with Crippen LogP contribution < -0.4 is 5.73 Å². The molecule has 2 N–H and O–H groups in total. The number of likely N-dealkylation sites (tertiary alicyclic amines) is 1. The molecular formula is C16H22N2O2. The number of furan rings is 1. The fourth-order valence-electron chi connectivity index (χ4n) is 3.05. The molecule has 1 aliphatic heterocycles. The van der Waals surface area contributed by atoms with Crippen molar-refractivity contribution in [3.63, 3.8) is 0 Å². The molecule has 0 saturated carbocycles. The average molecular weight is 274 g/mol. The molecule has 108 valence electrons. The van der Waals surface area contributed by atoms with Crippen LogP contribution in [0.15, 0.2) is 34.7 Å². The maximum atomic E-state index is 6.00. The lowest BCUT2D eigenvalue weighted by Crippen LogP contribution is -2.43. The molecule has 20 heavy (non-hydrogen) atoms. The van der Waals surface area contributed by atoms with Crippen LogP contribution in [-0.4, -0.2) is 37.7 Å². The van der Waals surface area contributed by atoms with Crippen LogP contribution in [0.1, 0.15) is 24.6 Å². The smallest absolute Gasteiger partial charge is 0.134 e. The van der Waals surface area contributed by atoms with Crippen molar-refractivity contribution in [1.82, 2.24) is 4.90 Å². The molecule has 0 radical (unpaired) electrons. The first-order chi connectivity index (χ1) is 9.81. The molecule has 4 heteroatoms. The van der Waals surface area contributed by atoms with Gasteiger partial charge in [0.25, 0.3) is 0 Å². The Labute approximate surface area is 119 Å². The summed E-state index contributed by atoms with van der Waals surface area (Å²) in [7, 11) is 1.78. The average Bonchev–Trinajstić information content (AvgIpc) is 2.91. The summed E-state index contributed by atoms with van der Waals surface area (Å²) in [5, 5.41) is 1.14. The minimum absolute atomic E-state index is 0.139. The Morgan fingerprint density at radius 2 is 2.30 bits per heavy atom. The molecule has 0 bridgehead atoms. The normalized spacial score (nSPS) is 22.2. The van der Waals surface area contributed by atoms with E-state index in [4.69, 9.17) is 14.9 Å². The van der Waals surface area contributed by atoms with Crippen molar-refractivity contribution < 1.29 is 9.15 Å². The van der Waals surface area contributed by atoms with E-state index in [2.05, 4.69) is 17.0 Å². The van der Waals surface area contributed by atoms with Crippen LogP contribution in [0.3, 0.4) is 0 Å². The molecule has 0 aliphatic carbocycles. The Morgan fingerprint density at radius 1 is 1.45 bits per heavy atom. The first-order valence-electron chi connectivity index (χ1n) is 7.27. The van der Waals surface area contributed by atoms with Crippen LogP contribution in [0.5, 0.6) is 0 Å². The Hall–Kier alpha value is -1.36. The fourth-order valence-corrected chi connectivity index (χ4v) is 3.05. The quantitative estimate of drug-likeness (QED) is 0.931. The minimum Gasteiger partial charge on any atom is -0.459 e. The molecule has 0 amide bonds. The molecule has 3 rings (SSSR count). The number of hydrogen-bond acceptors (Lipinski definition) is 4. The lowest BCUT2D eigenvalue weighted by atomic mass is 10.0. The number of benzene rings is 1. The number of fused-ring (bicyclic) bond motifs is 1. The molecule has 2 unspecified atom stereocenters. The topological polar surface area (TPSA) is 51.6 Å². The predicted octanol–water partition coefficient (Wildman–Crippen LogP) is 2.54. The van der Waals surface area contributed by atoms with Crippen LogP contribution in [0, 0.1) is 0 Å². The third-order valence-electron chi connectivity index (χ3n) is 4.18. The van der Waals surface area contributed by atoms with E-state index < -0.39 is 0 Å². The number of nitrogens with two attached hydrogens (primary N) is 1. The summed E-state index contributed by atoms with van der Waals surface area (Å²) >= 11 is 0. The van der Waals surface area contributed by atoms with Crippen LogP contribution in [0.4, 0.5) is 0 Å². The number of methoxy groups -OCH3 is 1. The van der Waals surface area contributed by atoms with Gasteiger partial charge in [-0.05, 0) is 31.5 Å². The van der Waals surface area contributed by atoms with Gasteiger partial charge in [0.15, 0.2) is 0 Å². The zero-order chi connectivity index (χ0) is 13.9. The largest absolute Gasteiger partial charge is 0.459 e. The first-order valence-corrected chi connectivity index (χ1v) is 7.27. The van der Waals surface area contributed by atoms with Crippen molar-refractivity contribution >= 4 is 11.0 Å². The van der Waals surface area contributed by atoms with Crippen molar-refractivity contribution in [3.05, 3.63) is 36.1 Å². The molecule has 1 aromatic carbocycles. The Kier molecular flexibility index (Phi) is 4.05. The predicted molar refractivity (Wildman–Crippen MR) is 79.6 cm³/mol. The van der Waals surface area contributed by atoms with Crippen LogP contribution in [0.25, 0.3) is 11.0 Å². The van der Waals surface area contributed by atoms with Gasteiger partial charge in [-0.1, -0.05) is 18.2 Å². The molecule has 1 fully saturated rings. The van der Waals surface area contributed by atoms with E-state index in [9.17, 15) is 0 Å². The standard InChI is InChI=1S/C16H22N2O2/c1-19-13-6-4-8-18(11-13)14(10-17)16-9-12-5-2-3-7-15(12)20-16/h2-3,5,7,9,13-14H,4,6,8,10-11,17H2,1H3. The number of nitrogens with zero attached hydrogens (tertiary/aromatic N) is 1. The minimum atomic E-state index is 0.139. The number of hydrogen-bond donors (Lipinski definition) is 1. The van der Waals surface area contributed by atoms with Crippen molar-refractivity contribution in [1.29, 1.82) is 0 Å². The van der Waals surface area contributed by atoms with Gasteiger partial charge in [-0.25, -0.2) is 0 Å². The van der Waals surface area contributed by atoms with E-state index in [0.29, 0.717) is 12.6 Å². The highest BCUT2D eigenvalue weighted by molar-refractivity contribution is 5.77. The van der Waals surface area contributed by atoms with Gasteiger partial charge in [0, 0.05) is 25.6 Å². The lowest BCUT2D eigenvalue weighted by molar-refractivity contribution is 0.0122. The van der Waals surface area contributed by atoms with E-state index in [0.717, 1.165) is 42.7 Å². The maximum Gasteiger partial charge on any atom is 0.134 e. The second-order valence-electron chi connectivity index (χ2n) is 5.43. The number of ether oxygens (including phenoxy) is 1. The Morgan fingerprint density at radius 3 is 3.05 bits per heavy atom. The van der Waals surface area contributed by atoms with Crippen molar-refractivity contribution in [2.75, 3.05) is 26.7 Å². The molecule has 4 nitrogen and oxygen atoms in total. The van der Waals surface area contributed by atoms with Gasteiger partial charge < -0.3 is 14.9 Å². The van der Waals surface area contributed by atoms with Gasteiger partial charge in [-0.15, -0.1) is 0 Å². The first kappa shape index (κ1) is 13.6. The molecule has 1 saturated heterocycles. The maximum absolute atomic E-state index is 6.00. The van der Waals surface area contributed by atoms with Gasteiger partial charge in [-0.2, -0.15) is 0 Å². The summed E-state index contributed by atoms with van der Waals surface area (Å²) < 4.78 is 11.5. The second-order valence-corrected chi connectivity index (χ2v) is 5.43. The molecule has 1 aromatic heterocycles. The summed E-state index contributed by atoms with van der Waals surface area (Å²) in [6.07, 6.45) is 2.59. The van der Waals surface area contributed by atoms with Gasteiger partial charge in [0.2, 0.25) is 0 Å². The third-order valence-corrected chi connectivity index (χ3v) is 4.18. The molecule has 2 aromatic rings. The zero-order valence-electron chi connectivity index (χ0n) is 11.9. The number of piperidine rings is 1. The van der Waals surface area contributed by atoms with Gasteiger partial charge in [0.1, 0.15) is 11.3 Å². The summed E-state index contributed by atoms with van der Waals surface area (Å²) in [6.45, 7) is 2.55. The Balaban J connectivity index is 1.85. The SMILES string of the molecule is COC1CCCN(C(CN)c2cc3ccccc3o2)C1. The lowest BCUT2D eigenvalue weighted by Gasteiger charge is -2.36. The molecule has 1 aliphatic rings. The molecule has 2 atom stereocenters. The van der Waals surface area contributed by atoms with Gasteiger partial charge >= 0.3 is 0 Å². The summed E-state index contributed by atoms with van der Waals surface area (Å²) in [5.74, 6) is 0.963. The highest BCUT2D eigenvalue weighted by atomic mass is 16.5. The van der Waals surface area contributed by atoms with E-state index in [-0.39, 0.29) is 6.04 Å². The van der Waals surface area contributed by atoms with Crippen molar-refractivity contribution in [2.45, 2.75) is 25.0 Å². The van der Waals surface area contributed by atoms with E-state index in [1.165, 1.54) is 0 Å². The summed E-state index contributed by atoms with van der Waals surface area (Å²) in [5.41, 5.74) is 6.93. The van der Waals surface area contributed by atoms with E-state index >= 15 is 0 Å². The highest BCUT2D eigenvalue weighted by Crippen LogP contribution is 2.29. The number of para-hydroxylation sites is 1. The van der Waals surface area contributed by atoms with Crippen LogP contribution >= 0.6 is 0 Å². The second kappa shape index (κ2) is 5.95. The molecule has 2 heterocycles. The van der Waals surface area contributed by atoms with Gasteiger partial charge in [-0.3, -0.25) is 4.90 Å². The van der Waals surface area contributed by atoms with Crippen LogP contribution in [0.2, 0.25) is 0 Å². The summed E-state index contributed by atoms with van der Waals surface area (Å²) in [4.78, 5) is 2.38.